The van der Waals surface area contributed by atoms with E-state index in [9.17, 15) is 4.79 Å². The highest BCUT2D eigenvalue weighted by Gasteiger charge is 2.29. The zero-order valence-electron chi connectivity index (χ0n) is 9.67. The summed E-state index contributed by atoms with van der Waals surface area (Å²) in [5.41, 5.74) is 1.74. The van der Waals surface area contributed by atoms with Crippen LogP contribution in [0.4, 0.5) is 0 Å². The molecule has 1 unspecified atom stereocenters. The third-order valence-electron chi connectivity index (χ3n) is 2.96. The van der Waals surface area contributed by atoms with Crippen LogP contribution in [-0.4, -0.2) is 17.8 Å². The second-order valence-electron chi connectivity index (χ2n) is 4.55. The molecule has 2 rings (SSSR count). The van der Waals surface area contributed by atoms with E-state index in [-0.39, 0.29) is 11.3 Å². The zero-order valence-corrected chi connectivity index (χ0v) is 12.0. The Morgan fingerprint density at radius 2 is 2.29 bits per heavy atom. The van der Waals surface area contributed by atoms with Gasteiger partial charge >= 0.3 is 0 Å². The second-order valence-corrected chi connectivity index (χ2v) is 5.96. The molecule has 0 bridgehead atoms. The number of aryl methyl sites for hydroxylation is 1. The van der Waals surface area contributed by atoms with Gasteiger partial charge < -0.3 is 5.32 Å². The Hall–Kier alpha value is -0.540. The molecular formula is C13H15BrClNO. The van der Waals surface area contributed by atoms with Gasteiger partial charge in [-0.1, -0.05) is 11.6 Å². The molecule has 1 amide bonds. The van der Waals surface area contributed by atoms with Gasteiger partial charge in [-0.05, 0) is 53.7 Å². The van der Waals surface area contributed by atoms with E-state index in [1.807, 2.05) is 25.1 Å². The van der Waals surface area contributed by atoms with E-state index >= 15 is 0 Å². The summed E-state index contributed by atoms with van der Waals surface area (Å²) < 4.78 is 0.818. The predicted molar refractivity (Wildman–Crippen MR) is 73.6 cm³/mol. The van der Waals surface area contributed by atoms with Gasteiger partial charge in [-0.3, -0.25) is 4.79 Å². The predicted octanol–water partition coefficient (Wildman–Crippen LogP) is 3.50. The van der Waals surface area contributed by atoms with Crippen LogP contribution < -0.4 is 5.32 Å². The van der Waals surface area contributed by atoms with Crippen molar-refractivity contribution in [2.75, 3.05) is 6.54 Å². The second kappa shape index (κ2) is 5.40. The first-order valence-electron chi connectivity index (χ1n) is 5.76. The molecule has 1 aromatic rings. The van der Waals surface area contributed by atoms with Crippen molar-refractivity contribution in [3.8, 4) is 0 Å². The number of nitrogens with one attached hydrogen (secondary N) is 1. The highest BCUT2D eigenvalue weighted by Crippen LogP contribution is 2.35. The van der Waals surface area contributed by atoms with Gasteiger partial charge in [-0.25, -0.2) is 0 Å². The van der Waals surface area contributed by atoms with E-state index in [1.54, 1.807) is 0 Å². The first-order valence-corrected chi connectivity index (χ1v) is 6.99. The minimum Gasteiger partial charge on any atom is -0.351 e. The molecule has 0 heterocycles. The summed E-state index contributed by atoms with van der Waals surface area (Å²) in [4.78, 5) is 12.0. The van der Waals surface area contributed by atoms with Gasteiger partial charge in [-0.2, -0.15) is 0 Å². The van der Waals surface area contributed by atoms with Crippen LogP contribution in [0.2, 0.25) is 0 Å². The number of halogens is 2. The van der Waals surface area contributed by atoms with Crippen LogP contribution in [-0.2, 0) is 0 Å². The number of alkyl halides is 1. The lowest BCUT2D eigenvalue weighted by Gasteiger charge is -2.11. The molecule has 1 atom stereocenters. The molecule has 1 aromatic carbocycles. The summed E-state index contributed by atoms with van der Waals surface area (Å²) in [5.74, 6) is 0.532. The maximum atomic E-state index is 12.0. The van der Waals surface area contributed by atoms with Crippen molar-refractivity contribution in [1.29, 1.82) is 0 Å². The van der Waals surface area contributed by atoms with Gasteiger partial charge in [0.1, 0.15) is 0 Å². The molecule has 1 N–H and O–H groups in total. The van der Waals surface area contributed by atoms with Crippen molar-refractivity contribution < 1.29 is 4.79 Å². The summed E-state index contributed by atoms with van der Waals surface area (Å²) >= 11 is 9.54. The lowest BCUT2D eigenvalue weighted by Crippen LogP contribution is -2.30. The standard InChI is InChI=1S/C13H15BrClNO/c1-8-2-5-11(14)10(6-8)13(17)16-7-12(15)9-3-4-9/h2,5-6,9,12H,3-4,7H2,1H3,(H,16,17). The largest absolute Gasteiger partial charge is 0.351 e. The van der Waals surface area contributed by atoms with E-state index in [2.05, 4.69) is 21.2 Å². The molecule has 4 heteroatoms. The molecule has 0 aliphatic heterocycles. The van der Waals surface area contributed by atoms with Crippen LogP contribution in [0.25, 0.3) is 0 Å². The van der Waals surface area contributed by atoms with Gasteiger partial charge in [0.2, 0.25) is 0 Å². The number of carbonyl (C=O) groups excluding carboxylic acids is 1. The van der Waals surface area contributed by atoms with Gasteiger partial charge in [0.25, 0.3) is 5.91 Å². The minimum absolute atomic E-state index is 0.0631. The molecule has 0 radical (unpaired) electrons. The molecule has 1 fully saturated rings. The molecule has 17 heavy (non-hydrogen) atoms. The quantitative estimate of drug-likeness (QED) is 0.846. The van der Waals surface area contributed by atoms with Crippen molar-refractivity contribution in [3.63, 3.8) is 0 Å². The zero-order chi connectivity index (χ0) is 12.4. The number of hydrogen-bond donors (Lipinski definition) is 1. The van der Waals surface area contributed by atoms with Crippen LogP contribution >= 0.6 is 27.5 Å². The summed E-state index contributed by atoms with van der Waals surface area (Å²) in [6.07, 6.45) is 2.39. The first kappa shape index (κ1) is 12.9. The van der Waals surface area contributed by atoms with Crippen LogP contribution in [0.5, 0.6) is 0 Å². The van der Waals surface area contributed by atoms with Crippen molar-refractivity contribution in [1.82, 2.24) is 5.32 Å². The van der Waals surface area contributed by atoms with Crippen LogP contribution in [0.3, 0.4) is 0 Å². The Kier molecular flexibility index (Phi) is 4.10. The van der Waals surface area contributed by atoms with Gasteiger partial charge in [0.05, 0.1) is 10.9 Å². The summed E-state index contributed by atoms with van der Waals surface area (Å²) in [6, 6.07) is 5.73. The summed E-state index contributed by atoms with van der Waals surface area (Å²) in [7, 11) is 0. The van der Waals surface area contributed by atoms with Crippen LogP contribution in [0, 0.1) is 12.8 Å². The van der Waals surface area contributed by atoms with E-state index in [0.29, 0.717) is 18.0 Å². The topological polar surface area (TPSA) is 29.1 Å². The maximum absolute atomic E-state index is 12.0. The SMILES string of the molecule is Cc1ccc(Br)c(C(=O)NCC(Cl)C2CC2)c1. The van der Waals surface area contributed by atoms with Crippen LogP contribution in [0.15, 0.2) is 22.7 Å². The lowest BCUT2D eigenvalue weighted by molar-refractivity contribution is 0.0952. The Morgan fingerprint density at radius 1 is 1.59 bits per heavy atom. The van der Waals surface area contributed by atoms with Crippen molar-refractivity contribution in [3.05, 3.63) is 33.8 Å². The maximum Gasteiger partial charge on any atom is 0.252 e. The first-order chi connectivity index (χ1) is 8.08. The van der Waals surface area contributed by atoms with Crippen molar-refractivity contribution >= 4 is 33.4 Å². The average Bonchev–Trinajstić information content (AvgIpc) is 3.12. The molecule has 1 aliphatic carbocycles. The van der Waals surface area contributed by atoms with Gasteiger partial charge in [0.15, 0.2) is 0 Å². The number of carbonyl (C=O) groups is 1. The van der Waals surface area contributed by atoms with E-state index in [0.717, 1.165) is 10.0 Å². The Morgan fingerprint density at radius 3 is 2.94 bits per heavy atom. The number of benzene rings is 1. The Labute approximate surface area is 115 Å². The van der Waals surface area contributed by atoms with Crippen LogP contribution in [0.1, 0.15) is 28.8 Å². The molecule has 2 nitrogen and oxygen atoms in total. The fraction of sp³-hybridized carbons (Fsp3) is 0.462. The third-order valence-corrected chi connectivity index (χ3v) is 4.16. The van der Waals surface area contributed by atoms with Crippen molar-refractivity contribution in [2.45, 2.75) is 25.1 Å². The van der Waals surface area contributed by atoms with Crippen molar-refractivity contribution in [2.24, 2.45) is 5.92 Å². The van der Waals surface area contributed by atoms with Gasteiger partial charge in [0, 0.05) is 11.0 Å². The molecular weight excluding hydrogens is 302 g/mol. The number of rotatable bonds is 4. The fourth-order valence-corrected chi connectivity index (χ4v) is 2.48. The highest BCUT2D eigenvalue weighted by molar-refractivity contribution is 9.10. The number of hydrogen-bond acceptors (Lipinski definition) is 1. The molecule has 1 aliphatic rings. The normalized spacial score (nSPS) is 16.6. The smallest absolute Gasteiger partial charge is 0.252 e. The molecule has 0 saturated heterocycles. The fourth-order valence-electron chi connectivity index (χ4n) is 1.72. The average molecular weight is 317 g/mol. The summed E-state index contributed by atoms with van der Waals surface area (Å²) in [5, 5.41) is 2.96. The molecule has 0 aromatic heterocycles. The van der Waals surface area contributed by atoms with E-state index in [4.69, 9.17) is 11.6 Å². The summed E-state index contributed by atoms with van der Waals surface area (Å²) in [6.45, 7) is 2.52. The molecule has 92 valence electrons. The minimum atomic E-state index is -0.0631. The lowest BCUT2D eigenvalue weighted by atomic mass is 10.1. The highest BCUT2D eigenvalue weighted by atomic mass is 79.9. The Balaban J connectivity index is 1.96. The molecule has 0 spiro atoms. The van der Waals surface area contributed by atoms with E-state index < -0.39 is 0 Å². The number of amides is 1. The third kappa shape index (κ3) is 3.46. The molecule has 1 saturated carbocycles. The Bertz CT molecular complexity index is 431. The van der Waals surface area contributed by atoms with E-state index in [1.165, 1.54) is 12.8 Å². The van der Waals surface area contributed by atoms with Gasteiger partial charge in [-0.15, -0.1) is 11.6 Å². The monoisotopic (exact) mass is 315 g/mol.